The standard InChI is InChI=1S/C26H22BrNO6/c1-32-20-11-15(12-21(33-2)24(20)34-3)14-28-23(26(30)31)22(16-7-5-4-6-8-16)19-13-17(27)9-10-18(19)25(28)29/h4-13H,14H2,1-3H3,(H,30,31). The Morgan fingerprint density at radius 2 is 1.56 bits per heavy atom. The molecule has 4 aromatic rings. The monoisotopic (exact) mass is 523 g/mol. The van der Waals surface area contributed by atoms with Crippen LogP contribution in [0.1, 0.15) is 16.1 Å². The van der Waals surface area contributed by atoms with Crippen molar-refractivity contribution in [2.45, 2.75) is 6.54 Å². The molecule has 1 N–H and O–H groups in total. The van der Waals surface area contributed by atoms with Crippen LogP contribution in [0.2, 0.25) is 0 Å². The van der Waals surface area contributed by atoms with Crippen molar-refractivity contribution in [1.82, 2.24) is 4.57 Å². The van der Waals surface area contributed by atoms with E-state index in [1.54, 1.807) is 30.3 Å². The molecule has 0 aliphatic carbocycles. The van der Waals surface area contributed by atoms with Crippen LogP contribution in [-0.4, -0.2) is 37.0 Å². The maximum absolute atomic E-state index is 13.6. The lowest BCUT2D eigenvalue weighted by Crippen LogP contribution is -2.28. The summed E-state index contributed by atoms with van der Waals surface area (Å²) < 4.78 is 18.3. The zero-order valence-corrected chi connectivity index (χ0v) is 20.4. The molecule has 1 heterocycles. The van der Waals surface area contributed by atoms with Gasteiger partial charge in [-0.3, -0.25) is 9.36 Å². The molecule has 0 saturated heterocycles. The summed E-state index contributed by atoms with van der Waals surface area (Å²) in [5, 5.41) is 11.3. The van der Waals surface area contributed by atoms with Gasteiger partial charge in [0.25, 0.3) is 5.56 Å². The molecule has 174 valence electrons. The SMILES string of the molecule is COc1cc(Cn2c(C(=O)O)c(-c3ccccc3)c3cc(Br)ccc3c2=O)cc(OC)c1OC. The van der Waals surface area contributed by atoms with Crippen LogP contribution in [0.15, 0.2) is 69.9 Å². The number of hydrogen-bond donors (Lipinski definition) is 1. The third kappa shape index (κ3) is 4.12. The van der Waals surface area contributed by atoms with Crippen molar-refractivity contribution < 1.29 is 24.1 Å². The highest BCUT2D eigenvalue weighted by Gasteiger charge is 2.24. The molecular weight excluding hydrogens is 502 g/mol. The zero-order valence-electron chi connectivity index (χ0n) is 18.8. The minimum Gasteiger partial charge on any atom is -0.493 e. The Morgan fingerprint density at radius 3 is 2.12 bits per heavy atom. The summed E-state index contributed by atoms with van der Waals surface area (Å²) in [5.41, 5.74) is 1.27. The van der Waals surface area contributed by atoms with E-state index in [-0.39, 0.29) is 12.2 Å². The number of carboxylic acids is 1. The minimum atomic E-state index is -1.20. The molecule has 34 heavy (non-hydrogen) atoms. The van der Waals surface area contributed by atoms with E-state index in [9.17, 15) is 14.7 Å². The van der Waals surface area contributed by atoms with E-state index in [0.717, 1.165) is 4.47 Å². The van der Waals surface area contributed by atoms with Crippen molar-refractivity contribution >= 4 is 32.7 Å². The number of aromatic carboxylic acids is 1. The van der Waals surface area contributed by atoms with E-state index in [4.69, 9.17) is 14.2 Å². The predicted octanol–water partition coefficient (Wildman–Crippen LogP) is 5.20. The highest BCUT2D eigenvalue weighted by Crippen LogP contribution is 2.39. The molecule has 7 nitrogen and oxygen atoms in total. The van der Waals surface area contributed by atoms with Gasteiger partial charge >= 0.3 is 5.97 Å². The third-order valence-corrected chi connectivity index (χ3v) is 6.06. The number of hydrogen-bond acceptors (Lipinski definition) is 5. The normalized spacial score (nSPS) is 10.8. The highest BCUT2D eigenvalue weighted by molar-refractivity contribution is 9.10. The molecule has 8 heteroatoms. The van der Waals surface area contributed by atoms with Gasteiger partial charge in [-0.1, -0.05) is 46.3 Å². The number of aromatic nitrogens is 1. The lowest BCUT2D eigenvalue weighted by molar-refractivity contribution is 0.0685. The highest BCUT2D eigenvalue weighted by atomic mass is 79.9. The van der Waals surface area contributed by atoms with Crippen LogP contribution in [0.4, 0.5) is 0 Å². The molecule has 1 aromatic heterocycles. The molecule has 0 saturated carbocycles. The van der Waals surface area contributed by atoms with Gasteiger partial charge in [-0.25, -0.2) is 4.79 Å². The van der Waals surface area contributed by atoms with Crippen molar-refractivity contribution in [1.29, 1.82) is 0 Å². The van der Waals surface area contributed by atoms with Crippen molar-refractivity contribution in [3.8, 4) is 28.4 Å². The molecule has 0 radical (unpaired) electrons. The van der Waals surface area contributed by atoms with Crippen molar-refractivity contribution in [2.24, 2.45) is 0 Å². The van der Waals surface area contributed by atoms with Gasteiger partial charge in [-0.2, -0.15) is 0 Å². The van der Waals surface area contributed by atoms with Crippen molar-refractivity contribution in [2.75, 3.05) is 21.3 Å². The van der Waals surface area contributed by atoms with Crippen molar-refractivity contribution in [3.05, 3.63) is 86.7 Å². The van der Waals surface area contributed by atoms with Crippen LogP contribution in [0.25, 0.3) is 21.9 Å². The van der Waals surface area contributed by atoms with Crippen LogP contribution < -0.4 is 19.8 Å². The first-order chi connectivity index (χ1) is 16.4. The lowest BCUT2D eigenvalue weighted by atomic mass is 9.96. The second kappa shape index (κ2) is 9.61. The number of fused-ring (bicyclic) bond motifs is 1. The minimum absolute atomic E-state index is 0.0109. The summed E-state index contributed by atoms with van der Waals surface area (Å²) in [7, 11) is 4.50. The molecule has 0 fully saturated rings. The topological polar surface area (TPSA) is 87.0 Å². The molecular formula is C26H22BrNO6. The molecule has 0 bridgehead atoms. The summed E-state index contributed by atoms with van der Waals surface area (Å²) >= 11 is 3.45. The fourth-order valence-electron chi connectivity index (χ4n) is 4.10. The Bertz CT molecular complexity index is 1420. The van der Waals surface area contributed by atoms with Gasteiger partial charge in [0, 0.05) is 15.4 Å². The Morgan fingerprint density at radius 1 is 0.912 bits per heavy atom. The summed E-state index contributed by atoms with van der Waals surface area (Å²) in [5.74, 6) is 0.0303. The number of nitrogens with zero attached hydrogens (tertiary/aromatic N) is 1. The first-order valence-electron chi connectivity index (χ1n) is 10.3. The maximum Gasteiger partial charge on any atom is 0.353 e. The van der Waals surface area contributed by atoms with E-state index in [2.05, 4.69) is 15.9 Å². The maximum atomic E-state index is 13.6. The van der Waals surface area contributed by atoms with Gasteiger partial charge in [0.15, 0.2) is 11.5 Å². The zero-order chi connectivity index (χ0) is 24.4. The lowest BCUT2D eigenvalue weighted by Gasteiger charge is -2.19. The van der Waals surface area contributed by atoms with Crippen LogP contribution in [0.3, 0.4) is 0 Å². The number of rotatable bonds is 7. The van der Waals surface area contributed by atoms with E-state index in [0.29, 0.717) is 44.7 Å². The smallest absolute Gasteiger partial charge is 0.353 e. The summed E-state index contributed by atoms with van der Waals surface area (Å²) in [6.07, 6.45) is 0. The second-order valence-electron chi connectivity index (χ2n) is 7.51. The number of benzene rings is 3. The van der Waals surface area contributed by atoms with Gasteiger partial charge < -0.3 is 19.3 Å². The molecule has 0 unspecified atom stereocenters. The number of methoxy groups -OCH3 is 3. The quantitative estimate of drug-likeness (QED) is 0.358. The molecule has 0 amide bonds. The first kappa shape index (κ1) is 23.4. The predicted molar refractivity (Wildman–Crippen MR) is 134 cm³/mol. The molecule has 0 atom stereocenters. The number of halogens is 1. The fraction of sp³-hybridized carbons (Fsp3) is 0.154. The first-order valence-corrected chi connectivity index (χ1v) is 11.1. The van der Waals surface area contributed by atoms with Gasteiger partial charge in [0.05, 0.1) is 27.9 Å². The summed E-state index contributed by atoms with van der Waals surface area (Å²) in [6, 6.07) is 17.8. The number of pyridine rings is 1. The van der Waals surface area contributed by atoms with Crippen LogP contribution in [0.5, 0.6) is 17.2 Å². The average molecular weight is 524 g/mol. The van der Waals surface area contributed by atoms with E-state index < -0.39 is 11.5 Å². The molecule has 0 aliphatic heterocycles. The molecule has 4 rings (SSSR count). The number of ether oxygens (including phenoxy) is 3. The fourth-order valence-corrected chi connectivity index (χ4v) is 4.46. The van der Waals surface area contributed by atoms with Gasteiger partial charge in [0.1, 0.15) is 5.69 Å². The Kier molecular flexibility index (Phi) is 6.61. The largest absolute Gasteiger partial charge is 0.493 e. The molecule has 0 spiro atoms. The van der Waals surface area contributed by atoms with Crippen LogP contribution in [0, 0.1) is 0 Å². The van der Waals surface area contributed by atoms with E-state index >= 15 is 0 Å². The van der Waals surface area contributed by atoms with Gasteiger partial charge in [-0.15, -0.1) is 0 Å². The summed E-state index contributed by atoms with van der Waals surface area (Å²) in [4.78, 5) is 26.2. The Labute approximate surface area is 204 Å². The average Bonchev–Trinajstić information content (AvgIpc) is 2.84. The Hall–Kier alpha value is -3.78. The molecule has 3 aromatic carbocycles. The van der Waals surface area contributed by atoms with E-state index in [1.165, 1.54) is 25.9 Å². The van der Waals surface area contributed by atoms with Gasteiger partial charge in [-0.05, 0) is 46.8 Å². The van der Waals surface area contributed by atoms with Crippen molar-refractivity contribution in [3.63, 3.8) is 0 Å². The van der Waals surface area contributed by atoms with Gasteiger partial charge in [0.2, 0.25) is 5.75 Å². The van der Waals surface area contributed by atoms with Crippen LogP contribution in [-0.2, 0) is 6.54 Å². The number of carboxylic acid groups (broad SMARTS) is 1. The van der Waals surface area contributed by atoms with E-state index in [1.807, 2.05) is 30.3 Å². The second-order valence-corrected chi connectivity index (χ2v) is 8.43. The number of carbonyl (C=O) groups is 1. The third-order valence-electron chi connectivity index (χ3n) is 5.56. The summed E-state index contributed by atoms with van der Waals surface area (Å²) in [6.45, 7) is -0.0109. The molecule has 0 aliphatic rings. The van der Waals surface area contributed by atoms with Crippen LogP contribution >= 0.6 is 15.9 Å². The Balaban J connectivity index is 2.06.